The van der Waals surface area contributed by atoms with Gasteiger partial charge in [-0.3, -0.25) is 0 Å². The van der Waals surface area contributed by atoms with Crippen molar-refractivity contribution in [2.75, 3.05) is 12.3 Å². The molecule has 0 spiro atoms. The number of rotatable bonds is 6. The van der Waals surface area contributed by atoms with Gasteiger partial charge in [-0.1, -0.05) is 26.2 Å². The van der Waals surface area contributed by atoms with Crippen LogP contribution in [0.15, 0.2) is 6.07 Å². The fourth-order valence-corrected chi connectivity index (χ4v) is 3.17. The summed E-state index contributed by atoms with van der Waals surface area (Å²) in [4.78, 5) is 0. The number of nitrogen functional groups attached to an aromatic ring is 1. The Kier molecular flexibility index (Phi) is 5.25. The molecule has 1 aliphatic carbocycles. The maximum Gasteiger partial charge on any atom is 0.122 e. The van der Waals surface area contributed by atoms with Crippen molar-refractivity contribution in [2.24, 2.45) is 5.92 Å². The molecule has 19 heavy (non-hydrogen) atoms. The van der Waals surface area contributed by atoms with E-state index in [0.29, 0.717) is 18.3 Å². The monoisotopic (exact) mass is 265 g/mol. The lowest BCUT2D eigenvalue weighted by molar-refractivity contribution is 0.268. The van der Waals surface area contributed by atoms with Crippen LogP contribution >= 0.6 is 0 Å². The van der Waals surface area contributed by atoms with Gasteiger partial charge in [0.1, 0.15) is 5.82 Å². The van der Waals surface area contributed by atoms with Crippen LogP contribution in [0.2, 0.25) is 0 Å². The Bertz CT molecular complexity index is 381. The van der Waals surface area contributed by atoms with Crippen molar-refractivity contribution < 1.29 is 5.11 Å². The molecule has 0 aromatic carbocycles. The van der Waals surface area contributed by atoms with E-state index in [2.05, 4.69) is 12.0 Å². The first kappa shape index (κ1) is 14.4. The molecule has 0 saturated heterocycles. The zero-order valence-electron chi connectivity index (χ0n) is 12.0. The minimum Gasteiger partial charge on any atom is -0.394 e. The predicted molar refractivity (Wildman–Crippen MR) is 77.9 cm³/mol. The van der Waals surface area contributed by atoms with Crippen molar-refractivity contribution in [1.29, 1.82) is 0 Å². The van der Waals surface area contributed by atoms with E-state index < -0.39 is 0 Å². The quantitative estimate of drug-likeness (QED) is 0.831. The summed E-state index contributed by atoms with van der Waals surface area (Å²) in [5, 5.41) is 13.5. The number of aromatic nitrogens is 2. The van der Waals surface area contributed by atoms with Crippen molar-refractivity contribution >= 4 is 5.82 Å². The van der Waals surface area contributed by atoms with Crippen LogP contribution in [0.1, 0.15) is 63.5 Å². The highest BCUT2D eigenvalue weighted by Gasteiger charge is 2.24. The predicted octanol–water partition coefficient (Wildman–Crippen LogP) is 2.92. The van der Waals surface area contributed by atoms with Gasteiger partial charge in [0.15, 0.2) is 0 Å². The lowest BCUT2D eigenvalue weighted by atomic mass is 9.78. The molecule has 1 heterocycles. The van der Waals surface area contributed by atoms with Crippen LogP contribution < -0.4 is 5.73 Å². The van der Waals surface area contributed by atoms with E-state index in [-0.39, 0.29) is 6.61 Å². The van der Waals surface area contributed by atoms with Gasteiger partial charge in [-0.05, 0) is 31.6 Å². The van der Waals surface area contributed by atoms with Gasteiger partial charge in [-0.15, -0.1) is 0 Å². The normalized spacial score (nSPS) is 23.7. The Labute approximate surface area is 116 Å². The van der Waals surface area contributed by atoms with E-state index in [1.807, 2.05) is 6.07 Å². The summed E-state index contributed by atoms with van der Waals surface area (Å²) in [6, 6.07) is 1.99. The van der Waals surface area contributed by atoms with Gasteiger partial charge in [0.05, 0.1) is 18.8 Å². The van der Waals surface area contributed by atoms with E-state index in [1.165, 1.54) is 44.9 Å². The summed E-state index contributed by atoms with van der Waals surface area (Å²) < 4.78 is 1.72. The molecular weight excluding hydrogens is 238 g/mol. The van der Waals surface area contributed by atoms with Crippen molar-refractivity contribution in [3.05, 3.63) is 11.8 Å². The zero-order chi connectivity index (χ0) is 13.7. The second kappa shape index (κ2) is 6.94. The van der Waals surface area contributed by atoms with Crippen LogP contribution in [-0.2, 0) is 6.54 Å². The minimum atomic E-state index is 0.0923. The van der Waals surface area contributed by atoms with Gasteiger partial charge >= 0.3 is 0 Å². The highest BCUT2D eigenvalue weighted by molar-refractivity contribution is 5.32. The summed E-state index contributed by atoms with van der Waals surface area (Å²) in [5.74, 6) is 2.17. The third-order valence-corrected chi connectivity index (χ3v) is 4.37. The van der Waals surface area contributed by atoms with E-state index in [4.69, 9.17) is 10.8 Å². The zero-order valence-corrected chi connectivity index (χ0v) is 12.0. The number of aliphatic hydroxyl groups is 1. The van der Waals surface area contributed by atoms with E-state index in [1.54, 1.807) is 4.68 Å². The first-order valence-corrected chi connectivity index (χ1v) is 7.68. The molecule has 2 rings (SSSR count). The minimum absolute atomic E-state index is 0.0923. The molecular formula is C15H27N3O. The molecule has 0 unspecified atom stereocenters. The van der Waals surface area contributed by atoms with E-state index in [9.17, 15) is 0 Å². The fraction of sp³-hybridized carbons (Fsp3) is 0.800. The summed E-state index contributed by atoms with van der Waals surface area (Å²) in [6.45, 7) is 2.86. The molecule has 3 N–H and O–H groups in total. The van der Waals surface area contributed by atoms with Crippen LogP contribution in [0.25, 0.3) is 0 Å². The Morgan fingerprint density at radius 1 is 1.37 bits per heavy atom. The molecule has 1 aliphatic rings. The van der Waals surface area contributed by atoms with Crippen molar-refractivity contribution in [1.82, 2.24) is 9.78 Å². The molecule has 1 aromatic rings. The molecule has 4 nitrogen and oxygen atoms in total. The highest BCUT2D eigenvalue weighted by atomic mass is 16.3. The smallest absolute Gasteiger partial charge is 0.122 e. The third-order valence-electron chi connectivity index (χ3n) is 4.37. The Morgan fingerprint density at radius 2 is 2.11 bits per heavy atom. The van der Waals surface area contributed by atoms with Crippen LogP contribution in [0.5, 0.6) is 0 Å². The Morgan fingerprint density at radius 3 is 2.74 bits per heavy atom. The molecule has 0 bridgehead atoms. The molecule has 0 radical (unpaired) electrons. The topological polar surface area (TPSA) is 64.1 Å². The average Bonchev–Trinajstić information content (AvgIpc) is 2.79. The average molecular weight is 265 g/mol. The number of nitrogens with two attached hydrogens (primary N) is 1. The maximum atomic E-state index is 8.96. The number of aliphatic hydroxyl groups excluding tert-OH is 1. The Hall–Kier alpha value is -1.03. The molecule has 1 aromatic heterocycles. The fourth-order valence-electron chi connectivity index (χ4n) is 3.17. The van der Waals surface area contributed by atoms with Gasteiger partial charge in [0.2, 0.25) is 0 Å². The third kappa shape index (κ3) is 3.72. The molecule has 108 valence electrons. The number of unbranched alkanes of at least 4 members (excludes halogenated alkanes) is 1. The molecule has 0 amide bonds. The number of hydrogen-bond donors (Lipinski definition) is 2. The van der Waals surface area contributed by atoms with Gasteiger partial charge in [0.25, 0.3) is 0 Å². The number of anilines is 1. The second-order valence-corrected chi connectivity index (χ2v) is 5.80. The van der Waals surface area contributed by atoms with Gasteiger partial charge in [0, 0.05) is 12.0 Å². The van der Waals surface area contributed by atoms with Gasteiger partial charge in [-0.25, -0.2) is 4.68 Å². The first-order valence-electron chi connectivity index (χ1n) is 7.68. The SMILES string of the molecule is CCCCC1CCC(c2cc(N)n(CCO)n2)CC1. The standard InChI is InChI=1S/C15H27N3O/c1-2-3-4-12-5-7-13(8-6-12)14-11-15(16)18(17-14)9-10-19/h11-13,19H,2-10,16H2,1H3. The number of hydrogen-bond acceptors (Lipinski definition) is 3. The van der Waals surface area contributed by atoms with Gasteiger partial charge in [-0.2, -0.15) is 5.10 Å². The largest absolute Gasteiger partial charge is 0.394 e. The number of nitrogens with zero attached hydrogens (tertiary/aromatic N) is 2. The van der Waals surface area contributed by atoms with Crippen molar-refractivity contribution in [3.63, 3.8) is 0 Å². The first-order chi connectivity index (χ1) is 9.24. The lowest BCUT2D eigenvalue weighted by Crippen LogP contribution is -2.14. The Balaban J connectivity index is 1.88. The second-order valence-electron chi connectivity index (χ2n) is 5.80. The molecule has 4 heteroatoms. The summed E-state index contributed by atoms with van der Waals surface area (Å²) in [5.41, 5.74) is 7.04. The summed E-state index contributed by atoms with van der Waals surface area (Å²) in [6.07, 6.45) is 9.21. The lowest BCUT2D eigenvalue weighted by Gasteiger charge is -2.27. The summed E-state index contributed by atoms with van der Waals surface area (Å²) in [7, 11) is 0. The summed E-state index contributed by atoms with van der Waals surface area (Å²) >= 11 is 0. The van der Waals surface area contributed by atoms with Crippen LogP contribution in [0.4, 0.5) is 5.82 Å². The van der Waals surface area contributed by atoms with E-state index >= 15 is 0 Å². The maximum absolute atomic E-state index is 8.96. The van der Waals surface area contributed by atoms with Crippen LogP contribution in [-0.4, -0.2) is 21.5 Å². The highest BCUT2D eigenvalue weighted by Crippen LogP contribution is 2.37. The van der Waals surface area contributed by atoms with E-state index in [0.717, 1.165) is 11.6 Å². The van der Waals surface area contributed by atoms with Crippen LogP contribution in [0.3, 0.4) is 0 Å². The van der Waals surface area contributed by atoms with Crippen LogP contribution in [0, 0.1) is 5.92 Å². The van der Waals surface area contributed by atoms with Gasteiger partial charge < -0.3 is 10.8 Å². The molecule has 1 fully saturated rings. The molecule has 1 saturated carbocycles. The van der Waals surface area contributed by atoms with Crippen molar-refractivity contribution in [3.8, 4) is 0 Å². The molecule has 0 aliphatic heterocycles. The molecule has 0 atom stereocenters. The van der Waals surface area contributed by atoms with Crippen molar-refractivity contribution in [2.45, 2.75) is 64.3 Å².